The molecule has 33 heavy (non-hydrogen) atoms. The van der Waals surface area contributed by atoms with Crippen molar-refractivity contribution in [3.8, 4) is 17.2 Å². The number of carbonyl (C=O) groups is 1. The number of ether oxygens (including phenoxy) is 3. The molecule has 0 bridgehead atoms. The van der Waals surface area contributed by atoms with Crippen LogP contribution in [0.5, 0.6) is 17.2 Å². The third-order valence-corrected chi connectivity index (χ3v) is 6.38. The van der Waals surface area contributed by atoms with Crippen molar-refractivity contribution in [1.82, 2.24) is 9.88 Å². The van der Waals surface area contributed by atoms with Crippen LogP contribution in [0.15, 0.2) is 24.3 Å². The molecule has 2 aromatic carbocycles. The zero-order valence-corrected chi connectivity index (χ0v) is 20.3. The van der Waals surface area contributed by atoms with E-state index in [1.165, 1.54) is 49.7 Å². The van der Waals surface area contributed by atoms with Crippen molar-refractivity contribution in [3.05, 3.63) is 45.0 Å². The fourth-order valence-electron chi connectivity index (χ4n) is 3.14. The SMILES string of the molecule is COc1cc(C(=O)N(CCN(C)C)c2nc3c(OC)ccc(Cl)c3s2)c([N+](=O)[O-])cc1OC. The number of rotatable bonds is 9. The molecule has 3 aromatic rings. The fourth-order valence-corrected chi connectivity index (χ4v) is 4.42. The second-order valence-electron chi connectivity index (χ2n) is 7.17. The van der Waals surface area contributed by atoms with E-state index in [9.17, 15) is 14.9 Å². The summed E-state index contributed by atoms with van der Waals surface area (Å²) in [5.41, 5.74) is -0.0348. The van der Waals surface area contributed by atoms with Crippen LogP contribution in [0.3, 0.4) is 0 Å². The Labute approximate surface area is 199 Å². The maximum atomic E-state index is 13.7. The van der Waals surface area contributed by atoms with Crippen molar-refractivity contribution in [1.29, 1.82) is 0 Å². The van der Waals surface area contributed by atoms with Crippen LogP contribution in [-0.2, 0) is 0 Å². The van der Waals surface area contributed by atoms with Crippen LogP contribution in [0.25, 0.3) is 10.2 Å². The summed E-state index contributed by atoms with van der Waals surface area (Å²) in [4.78, 5) is 32.7. The first kappa shape index (κ1) is 24.5. The van der Waals surface area contributed by atoms with E-state index in [1.807, 2.05) is 19.0 Å². The van der Waals surface area contributed by atoms with Crippen molar-refractivity contribution < 1.29 is 23.9 Å². The molecule has 1 heterocycles. The first-order valence-corrected chi connectivity index (χ1v) is 10.9. The van der Waals surface area contributed by atoms with Crippen LogP contribution in [-0.4, -0.2) is 69.2 Å². The summed E-state index contributed by atoms with van der Waals surface area (Å²) >= 11 is 7.56. The maximum absolute atomic E-state index is 13.7. The molecule has 0 unspecified atom stereocenters. The summed E-state index contributed by atoms with van der Waals surface area (Å²) in [6.07, 6.45) is 0. The molecule has 176 valence electrons. The lowest BCUT2D eigenvalue weighted by molar-refractivity contribution is -0.385. The van der Waals surface area contributed by atoms with Gasteiger partial charge in [0.25, 0.3) is 11.6 Å². The molecule has 10 nitrogen and oxygen atoms in total. The highest BCUT2D eigenvalue weighted by Crippen LogP contribution is 2.40. The topological polar surface area (TPSA) is 107 Å². The molecule has 0 N–H and O–H groups in total. The van der Waals surface area contributed by atoms with E-state index in [2.05, 4.69) is 4.98 Å². The van der Waals surface area contributed by atoms with Gasteiger partial charge in [0.05, 0.1) is 42.0 Å². The monoisotopic (exact) mass is 494 g/mol. The number of carbonyl (C=O) groups excluding carboxylic acids is 1. The number of amides is 1. The van der Waals surface area contributed by atoms with Gasteiger partial charge >= 0.3 is 0 Å². The Balaban J connectivity index is 2.18. The Morgan fingerprint density at radius 3 is 2.30 bits per heavy atom. The highest BCUT2D eigenvalue weighted by molar-refractivity contribution is 7.23. The van der Waals surface area contributed by atoms with E-state index < -0.39 is 16.5 Å². The van der Waals surface area contributed by atoms with Gasteiger partial charge in [-0.2, -0.15) is 0 Å². The summed E-state index contributed by atoms with van der Waals surface area (Å²) in [7, 11) is 8.00. The Morgan fingerprint density at radius 2 is 1.73 bits per heavy atom. The summed E-state index contributed by atoms with van der Waals surface area (Å²) < 4.78 is 16.5. The van der Waals surface area contributed by atoms with Gasteiger partial charge in [-0.1, -0.05) is 22.9 Å². The quantitative estimate of drug-likeness (QED) is 0.323. The molecule has 0 saturated heterocycles. The van der Waals surface area contributed by atoms with E-state index in [4.69, 9.17) is 25.8 Å². The number of methoxy groups -OCH3 is 3. The molecular formula is C21H23ClN4O6S. The molecule has 0 aliphatic heterocycles. The Hall–Kier alpha value is -3.15. The molecule has 0 aliphatic carbocycles. The van der Waals surface area contributed by atoms with Crippen molar-refractivity contribution in [3.63, 3.8) is 0 Å². The van der Waals surface area contributed by atoms with Gasteiger partial charge in [0.2, 0.25) is 0 Å². The van der Waals surface area contributed by atoms with Gasteiger partial charge in [-0.15, -0.1) is 0 Å². The van der Waals surface area contributed by atoms with Gasteiger partial charge < -0.3 is 19.1 Å². The van der Waals surface area contributed by atoms with E-state index >= 15 is 0 Å². The lowest BCUT2D eigenvalue weighted by atomic mass is 10.1. The van der Waals surface area contributed by atoms with Crippen LogP contribution in [0.2, 0.25) is 5.02 Å². The van der Waals surface area contributed by atoms with Crippen LogP contribution >= 0.6 is 22.9 Å². The van der Waals surface area contributed by atoms with Gasteiger partial charge in [-0.05, 0) is 26.2 Å². The standard InChI is InChI=1S/C21H23ClN4O6S/c1-24(2)8-9-25(21-23-18-15(30-3)7-6-13(22)19(18)33-21)20(27)12-10-16(31-4)17(32-5)11-14(12)26(28)29/h6-7,10-11H,8-9H2,1-5H3. The van der Waals surface area contributed by atoms with Gasteiger partial charge in [0.15, 0.2) is 16.6 Å². The van der Waals surface area contributed by atoms with Gasteiger partial charge in [-0.3, -0.25) is 19.8 Å². The number of anilines is 1. The number of thiazole rings is 1. The number of hydrogen-bond donors (Lipinski definition) is 0. The van der Waals surface area contributed by atoms with E-state index in [0.717, 1.165) is 0 Å². The molecule has 1 amide bonds. The third-order valence-electron chi connectivity index (χ3n) is 4.84. The van der Waals surface area contributed by atoms with Crippen LogP contribution < -0.4 is 19.1 Å². The molecule has 0 fully saturated rings. The number of fused-ring (bicyclic) bond motifs is 1. The molecule has 1 aromatic heterocycles. The lowest BCUT2D eigenvalue weighted by Gasteiger charge is -2.22. The number of likely N-dealkylation sites (N-methyl/N-ethyl adjacent to an activating group) is 1. The van der Waals surface area contributed by atoms with Crippen molar-refractivity contribution in [2.45, 2.75) is 0 Å². The van der Waals surface area contributed by atoms with Crippen LogP contribution in [0.1, 0.15) is 10.4 Å². The van der Waals surface area contributed by atoms with Crippen molar-refractivity contribution in [2.24, 2.45) is 0 Å². The lowest BCUT2D eigenvalue weighted by Crippen LogP contribution is -2.37. The number of benzene rings is 2. The number of nitro groups is 1. The maximum Gasteiger partial charge on any atom is 0.286 e. The molecule has 0 atom stereocenters. The van der Waals surface area contributed by atoms with Crippen molar-refractivity contribution >= 4 is 49.9 Å². The predicted molar refractivity (Wildman–Crippen MR) is 128 cm³/mol. The first-order valence-electron chi connectivity index (χ1n) is 9.71. The molecular weight excluding hydrogens is 472 g/mol. The van der Waals surface area contributed by atoms with Crippen molar-refractivity contribution in [2.75, 3.05) is 53.4 Å². The highest BCUT2D eigenvalue weighted by Gasteiger charge is 2.30. The molecule has 0 radical (unpaired) electrons. The number of halogens is 1. The minimum atomic E-state index is -0.627. The normalized spacial score (nSPS) is 11.0. The Bertz CT molecular complexity index is 1200. The molecule has 3 rings (SSSR count). The molecule has 0 aliphatic rings. The van der Waals surface area contributed by atoms with Crippen LogP contribution in [0, 0.1) is 10.1 Å². The Morgan fingerprint density at radius 1 is 1.09 bits per heavy atom. The van der Waals surface area contributed by atoms with Gasteiger partial charge in [0, 0.05) is 19.2 Å². The second kappa shape index (κ2) is 10.2. The largest absolute Gasteiger partial charge is 0.494 e. The fraction of sp³-hybridized carbons (Fsp3) is 0.333. The summed E-state index contributed by atoms with van der Waals surface area (Å²) in [5.74, 6) is 0.262. The zero-order valence-electron chi connectivity index (χ0n) is 18.7. The first-order chi connectivity index (χ1) is 15.7. The minimum Gasteiger partial charge on any atom is -0.494 e. The molecule has 12 heteroatoms. The van der Waals surface area contributed by atoms with E-state index in [-0.39, 0.29) is 23.6 Å². The molecule has 0 spiro atoms. The summed E-state index contributed by atoms with van der Waals surface area (Å²) in [6, 6.07) is 5.87. The highest BCUT2D eigenvalue weighted by atomic mass is 35.5. The van der Waals surface area contributed by atoms with Gasteiger partial charge in [0.1, 0.15) is 16.8 Å². The number of nitro benzene ring substituents is 1. The van der Waals surface area contributed by atoms with Crippen LogP contribution in [0.4, 0.5) is 10.8 Å². The van der Waals surface area contributed by atoms with Gasteiger partial charge in [-0.25, -0.2) is 4.98 Å². The smallest absolute Gasteiger partial charge is 0.286 e. The predicted octanol–water partition coefficient (Wildman–Crippen LogP) is 4.09. The summed E-state index contributed by atoms with van der Waals surface area (Å²) in [5, 5.41) is 12.6. The number of nitrogens with zero attached hydrogens (tertiary/aromatic N) is 4. The molecule has 0 saturated carbocycles. The average molecular weight is 495 g/mol. The third kappa shape index (κ3) is 4.95. The minimum absolute atomic E-state index is 0.145. The summed E-state index contributed by atoms with van der Waals surface area (Å²) in [6.45, 7) is 0.727. The number of aromatic nitrogens is 1. The number of hydrogen-bond acceptors (Lipinski definition) is 9. The van der Waals surface area contributed by atoms with E-state index in [0.29, 0.717) is 32.7 Å². The second-order valence-corrected chi connectivity index (χ2v) is 8.55. The zero-order chi connectivity index (χ0) is 24.3. The van der Waals surface area contributed by atoms with E-state index in [1.54, 1.807) is 12.1 Å². The Kier molecular flexibility index (Phi) is 7.57. The average Bonchev–Trinajstić information content (AvgIpc) is 3.24.